The summed E-state index contributed by atoms with van der Waals surface area (Å²) in [6.45, 7) is 9.26. The van der Waals surface area contributed by atoms with Gasteiger partial charge in [-0.15, -0.1) is 0 Å². The van der Waals surface area contributed by atoms with Crippen molar-refractivity contribution in [1.29, 1.82) is 0 Å². The van der Waals surface area contributed by atoms with Gasteiger partial charge in [-0.05, 0) is 48.1 Å². The lowest BCUT2D eigenvalue weighted by molar-refractivity contribution is 0.103. The van der Waals surface area contributed by atoms with Crippen molar-refractivity contribution >= 4 is 16.8 Å². The van der Waals surface area contributed by atoms with E-state index in [9.17, 15) is 15.0 Å². The second-order valence-electron chi connectivity index (χ2n) is 13.7. The van der Waals surface area contributed by atoms with E-state index < -0.39 is 5.41 Å². The number of hydrogen-bond donors (Lipinski definition) is 3. The molecule has 0 aliphatic carbocycles. The van der Waals surface area contributed by atoms with Gasteiger partial charge in [0.15, 0.2) is 5.78 Å². The van der Waals surface area contributed by atoms with Crippen LogP contribution in [0.4, 0.5) is 0 Å². The van der Waals surface area contributed by atoms with Crippen molar-refractivity contribution in [3.05, 3.63) is 112 Å². The molecule has 0 saturated heterocycles. The zero-order chi connectivity index (χ0) is 34.8. The van der Waals surface area contributed by atoms with Crippen molar-refractivity contribution in [3.63, 3.8) is 0 Å². The monoisotopic (exact) mass is 661 g/mol. The Morgan fingerprint density at radius 3 is 2.31 bits per heavy atom. The van der Waals surface area contributed by atoms with Crippen molar-refractivity contribution < 1.29 is 19.7 Å². The summed E-state index contributed by atoms with van der Waals surface area (Å²) in [5.74, 6) is 0.387. The van der Waals surface area contributed by atoms with Gasteiger partial charge in [0, 0.05) is 28.5 Å². The SMILES string of the molecule is CCCCCCCCOc1ccc(C(=O)c2ccccc2)c(O)c1Cc1cccc(C(C)(C)C(CCCC)c2cccc3n[nH]nc23)c1O. The fourth-order valence-electron chi connectivity index (χ4n) is 7.03. The predicted molar refractivity (Wildman–Crippen MR) is 197 cm³/mol. The number of benzene rings is 4. The summed E-state index contributed by atoms with van der Waals surface area (Å²) in [5, 5.41) is 35.3. The highest BCUT2D eigenvalue weighted by atomic mass is 16.5. The van der Waals surface area contributed by atoms with E-state index in [-0.39, 0.29) is 35.2 Å². The third-order valence-electron chi connectivity index (χ3n) is 9.93. The molecule has 0 aliphatic rings. The minimum atomic E-state index is -0.479. The highest BCUT2D eigenvalue weighted by Gasteiger charge is 2.36. The van der Waals surface area contributed by atoms with Crippen LogP contribution in [0.25, 0.3) is 11.0 Å². The van der Waals surface area contributed by atoms with Crippen LogP contribution in [-0.4, -0.2) is 38.0 Å². The Kier molecular flexibility index (Phi) is 12.1. The quantitative estimate of drug-likeness (QED) is 0.0637. The first-order chi connectivity index (χ1) is 23.8. The molecular formula is C42H51N3O4. The smallest absolute Gasteiger partial charge is 0.196 e. The third-order valence-corrected chi connectivity index (χ3v) is 9.93. The zero-order valence-electron chi connectivity index (χ0n) is 29.5. The van der Waals surface area contributed by atoms with Gasteiger partial charge >= 0.3 is 0 Å². The second-order valence-corrected chi connectivity index (χ2v) is 13.7. The number of phenolic OH excluding ortho intramolecular Hbond substituents is 2. The lowest BCUT2D eigenvalue weighted by atomic mass is 9.67. The summed E-state index contributed by atoms with van der Waals surface area (Å²) >= 11 is 0. The first-order valence-corrected chi connectivity index (χ1v) is 18.0. The maximum absolute atomic E-state index is 13.5. The summed E-state index contributed by atoms with van der Waals surface area (Å²) in [4.78, 5) is 13.5. The maximum atomic E-state index is 13.5. The van der Waals surface area contributed by atoms with Crippen LogP contribution >= 0.6 is 0 Å². The van der Waals surface area contributed by atoms with Gasteiger partial charge in [0.1, 0.15) is 28.3 Å². The van der Waals surface area contributed by atoms with Gasteiger partial charge in [0.05, 0.1) is 12.2 Å². The standard InChI is InChI=1S/C42H51N3O4/c1-5-7-9-10-11-15-27-49-37-26-25-32(39(46)29-18-13-12-14-19-29)41(48)33(37)28-30-20-16-23-35(40(30)47)42(3,4)34(22-8-6-2)31-21-17-24-36-38(31)44-45-43-36/h12-14,16-21,23-26,34,47-48H,5-11,15,22,27-28H2,1-4H3,(H,43,44,45). The number of ketones is 1. The van der Waals surface area contributed by atoms with Crippen molar-refractivity contribution in [2.24, 2.45) is 0 Å². The summed E-state index contributed by atoms with van der Waals surface area (Å²) < 4.78 is 6.28. The number of para-hydroxylation sites is 2. The maximum Gasteiger partial charge on any atom is 0.196 e. The van der Waals surface area contributed by atoms with Crippen molar-refractivity contribution in [2.45, 2.75) is 103 Å². The largest absolute Gasteiger partial charge is 0.507 e. The molecular weight excluding hydrogens is 610 g/mol. The number of ether oxygens (including phenoxy) is 1. The first kappa shape index (κ1) is 35.7. The van der Waals surface area contributed by atoms with E-state index in [0.29, 0.717) is 29.0 Å². The predicted octanol–water partition coefficient (Wildman–Crippen LogP) is 10.2. The van der Waals surface area contributed by atoms with Crippen LogP contribution in [0.3, 0.4) is 0 Å². The average Bonchev–Trinajstić information content (AvgIpc) is 3.60. The number of carbonyl (C=O) groups excluding carboxylic acids is 1. The number of aromatic hydroxyl groups is 2. The summed E-state index contributed by atoms with van der Waals surface area (Å²) in [7, 11) is 0. The minimum absolute atomic E-state index is 0.0545. The van der Waals surface area contributed by atoms with Gasteiger partial charge in [-0.25, -0.2) is 0 Å². The topological polar surface area (TPSA) is 108 Å². The van der Waals surface area contributed by atoms with E-state index in [1.54, 1.807) is 24.3 Å². The molecule has 1 heterocycles. The van der Waals surface area contributed by atoms with E-state index in [1.807, 2.05) is 48.5 Å². The number of H-pyrrole nitrogens is 1. The van der Waals surface area contributed by atoms with Crippen LogP contribution in [0.1, 0.15) is 130 Å². The third kappa shape index (κ3) is 8.15. The number of nitrogens with one attached hydrogen (secondary N) is 1. The van der Waals surface area contributed by atoms with Crippen LogP contribution in [0.2, 0.25) is 0 Å². The number of unbranched alkanes of at least 4 members (excludes halogenated alkanes) is 6. The summed E-state index contributed by atoms with van der Waals surface area (Å²) in [6, 6.07) is 24.3. The number of carbonyl (C=O) groups is 1. The van der Waals surface area contributed by atoms with E-state index in [0.717, 1.165) is 54.3 Å². The molecule has 0 aliphatic heterocycles. The van der Waals surface area contributed by atoms with Crippen molar-refractivity contribution in [1.82, 2.24) is 15.4 Å². The highest BCUT2D eigenvalue weighted by Crippen LogP contribution is 2.48. The number of phenols is 2. The fourth-order valence-corrected chi connectivity index (χ4v) is 7.03. The molecule has 5 rings (SSSR count). The highest BCUT2D eigenvalue weighted by molar-refractivity contribution is 6.11. The normalized spacial score (nSPS) is 12.3. The number of aromatic nitrogens is 3. The van der Waals surface area contributed by atoms with Crippen molar-refractivity contribution in [2.75, 3.05) is 6.61 Å². The first-order valence-electron chi connectivity index (χ1n) is 18.0. The summed E-state index contributed by atoms with van der Waals surface area (Å²) in [5.41, 5.74) is 4.97. The molecule has 0 amide bonds. The number of rotatable bonds is 18. The molecule has 258 valence electrons. The average molecular weight is 662 g/mol. The van der Waals surface area contributed by atoms with Crippen LogP contribution < -0.4 is 4.74 Å². The molecule has 0 bridgehead atoms. The summed E-state index contributed by atoms with van der Waals surface area (Å²) in [6.07, 6.45) is 10.00. The lowest BCUT2D eigenvalue weighted by Gasteiger charge is -2.36. The van der Waals surface area contributed by atoms with Gasteiger partial charge in [0.25, 0.3) is 0 Å². The fraction of sp³-hybridized carbons (Fsp3) is 0.405. The van der Waals surface area contributed by atoms with Gasteiger partial charge in [-0.1, -0.05) is 133 Å². The Bertz CT molecular complexity index is 1830. The van der Waals surface area contributed by atoms with Gasteiger partial charge in [0.2, 0.25) is 0 Å². The molecule has 49 heavy (non-hydrogen) atoms. The Labute approximate surface area is 290 Å². The zero-order valence-corrected chi connectivity index (χ0v) is 29.5. The number of aromatic amines is 1. The van der Waals surface area contributed by atoms with Crippen LogP contribution in [0.5, 0.6) is 17.2 Å². The lowest BCUT2D eigenvalue weighted by Crippen LogP contribution is -2.28. The molecule has 3 N–H and O–H groups in total. The molecule has 0 spiro atoms. The minimum Gasteiger partial charge on any atom is -0.507 e. The Balaban J connectivity index is 1.50. The second kappa shape index (κ2) is 16.6. The van der Waals surface area contributed by atoms with E-state index in [4.69, 9.17) is 4.74 Å². The molecule has 5 aromatic rings. The molecule has 0 saturated carbocycles. The molecule has 7 heteroatoms. The Morgan fingerprint density at radius 1 is 0.796 bits per heavy atom. The van der Waals surface area contributed by atoms with Crippen molar-refractivity contribution in [3.8, 4) is 17.2 Å². The van der Waals surface area contributed by atoms with Gasteiger partial charge in [-0.2, -0.15) is 15.4 Å². The van der Waals surface area contributed by atoms with Crippen LogP contribution in [0.15, 0.2) is 78.9 Å². The van der Waals surface area contributed by atoms with E-state index in [1.165, 1.54) is 25.7 Å². The Hall–Kier alpha value is -4.65. The van der Waals surface area contributed by atoms with E-state index >= 15 is 0 Å². The Morgan fingerprint density at radius 2 is 1.53 bits per heavy atom. The molecule has 7 nitrogen and oxygen atoms in total. The van der Waals surface area contributed by atoms with Crippen LogP contribution in [-0.2, 0) is 11.8 Å². The van der Waals surface area contributed by atoms with Crippen LogP contribution in [0, 0.1) is 0 Å². The number of fused-ring (bicyclic) bond motifs is 1. The molecule has 1 atom stereocenters. The molecule has 4 aromatic carbocycles. The van der Waals surface area contributed by atoms with Gasteiger partial charge < -0.3 is 14.9 Å². The molecule has 1 unspecified atom stereocenters. The van der Waals surface area contributed by atoms with Gasteiger partial charge in [-0.3, -0.25) is 4.79 Å². The number of hydrogen-bond acceptors (Lipinski definition) is 6. The molecule has 1 aromatic heterocycles. The van der Waals surface area contributed by atoms with E-state index in [2.05, 4.69) is 49.2 Å². The molecule has 0 fully saturated rings. The molecule has 0 radical (unpaired) electrons. The number of nitrogens with zero attached hydrogens (tertiary/aromatic N) is 2.